The maximum Gasteiger partial charge on any atom is 0.328 e. The Morgan fingerprint density at radius 1 is 0.977 bits per heavy atom. The van der Waals surface area contributed by atoms with E-state index in [-0.39, 0.29) is 6.54 Å². The van der Waals surface area contributed by atoms with Crippen LogP contribution in [-0.2, 0) is 22.6 Å². The van der Waals surface area contributed by atoms with E-state index in [1.54, 1.807) is 42.1 Å². The van der Waals surface area contributed by atoms with Crippen LogP contribution in [0.25, 0.3) is 16.0 Å². The third-order valence-electron chi connectivity index (χ3n) is 7.26. The molecule has 0 spiro atoms. The summed E-state index contributed by atoms with van der Waals surface area (Å²) in [6.07, 6.45) is 2.36. The number of thioether (sulfide) groups is 1. The molecule has 226 valence electrons. The standard InChI is InChI=1S/C35H33F2N3O3S/c1-23-7-5-6-8-29(23)31-19-24(9-16-30(31)34(41)39-33(17-18-44-4)35(42)43-3)21-40(28-14-12-27(38-2)13-15-28)22-25-10-11-26(36)20-32(25)37/h5-16,19-20,33H,17-18,21-22H2,1,3-4H3,(H,39,41). The minimum atomic E-state index is -0.788. The molecule has 0 aromatic heterocycles. The normalized spacial score (nSPS) is 11.4. The van der Waals surface area contributed by atoms with E-state index in [0.717, 1.165) is 28.4 Å². The Morgan fingerprint density at radius 2 is 1.73 bits per heavy atom. The van der Waals surface area contributed by atoms with Gasteiger partial charge in [-0.1, -0.05) is 48.5 Å². The van der Waals surface area contributed by atoms with Crippen molar-refractivity contribution in [1.29, 1.82) is 0 Å². The number of aryl methyl sites for hydroxylation is 1. The molecule has 0 aliphatic heterocycles. The summed E-state index contributed by atoms with van der Waals surface area (Å²) in [4.78, 5) is 31.4. The predicted octanol–water partition coefficient (Wildman–Crippen LogP) is 7.72. The molecule has 9 heteroatoms. The smallest absolute Gasteiger partial charge is 0.328 e. The monoisotopic (exact) mass is 613 g/mol. The fraction of sp³-hybridized carbons (Fsp3) is 0.229. The third kappa shape index (κ3) is 8.03. The zero-order chi connectivity index (χ0) is 31.6. The van der Waals surface area contributed by atoms with Gasteiger partial charge >= 0.3 is 5.97 Å². The van der Waals surface area contributed by atoms with Gasteiger partial charge in [0.05, 0.1) is 13.7 Å². The van der Waals surface area contributed by atoms with Crippen LogP contribution in [0.4, 0.5) is 20.2 Å². The van der Waals surface area contributed by atoms with Crippen LogP contribution in [-0.4, -0.2) is 37.0 Å². The molecule has 0 aliphatic carbocycles. The van der Waals surface area contributed by atoms with E-state index in [2.05, 4.69) is 10.2 Å². The van der Waals surface area contributed by atoms with Gasteiger partial charge in [0.15, 0.2) is 5.69 Å². The molecule has 1 amide bonds. The summed E-state index contributed by atoms with van der Waals surface area (Å²) in [5.74, 6) is -1.54. The number of carbonyl (C=O) groups is 2. The van der Waals surface area contributed by atoms with Gasteiger partial charge in [0.25, 0.3) is 5.91 Å². The Bertz CT molecular complexity index is 1670. The number of methoxy groups -OCH3 is 1. The van der Waals surface area contributed by atoms with Crippen molar-refractivity contribution in [2.24, 2.45) is 0 Å². The number of halogens is 2. The van der Waals surface area contributed by atoms with E-state index >= 15 is 0 Å². The number of carbonyl (C=O) groups excluding carboxylic acids is 2. The number of hydrogen-bond acceptors (Lipinski definition) is 5. The van der Waals surface area contributed by atoms with Crippen LogP contribution in [0.3, 0.4) is 0 Å². The van der Waals surface area contributed by atoms with Crippen molar-refractivity contribution < 1.29 is 23.1 Å². The largest absolute Gasteiger partial charge is 0.467 e. The summed E-state index contributed by atoms with van der Waals surface area (Å²) in [6, 6.07) is 22.9. The summed E-state index contributed by atoms with van der Waals surface area (Å²) in [7, 11) is 1.30. The van der Waals surface area contributed by atoms with Crippen molar-refractivity contribution in [2.75, 3.05) is 24.0 Å². The Labute approximate surface area is 260 Å². The Morgan fingerprint density at radius 3 is 2.39 bits per heavy atom. The van der Waals surface area contributed by atoms with Crippen LogP contribution in [0, 0.1) is 25.1 Å². The van der Waals surface area contributed by atoms with Crippen LogP contribution in [0.2, 0.25) is 0 Å². The van der Waals surface area contributed by atoms with Crippen LogP contribution >= 0.6 is 11.8 Å². The maximum atomic E-state index is 14.7. The van der Waals surface area contributed by atoms with Crippen molar-refractivity contribution in [1.82, 2.24) is 5.32 Å². The van der Waals surface area contributed by atoms with Crippen LogP contribution < -0.4 is 10.2 Å². The molecule has 0 heterocycles. The molecule has 0 saturated heterocycles. The second-order valence-corrected chi connectivity index (χ2v) is 11.2. The minimum absolute atomic E-state index is 0.141. The first-order valence-corrected chi connectivity index (χ1v) is 15.4. The zero-order valence-corrected chi connectivity index (χ0v) is 25.6. The van der Waals surface area contributed by atoms with E-state index in [1.807, 2.05) is 54.5 Å². The highest BCUT2D eigenvalue weighted by atomic mass is 32.2. The molecular weight excluding hydrogens is 580 g/mol. The first kappa shape index (κ1) is 32.2. The SMILES string of the molecule is [C-]#[N+]c1ccc(N(Cc2ccc(C(=O)NC(CCSC)C(=O)OC)c(-c3ccccc3C)c2)Cc2ccc(F)cc2F)cc1. The van der Waals surface area contributed by atoms with E-state index < -0.39 is 29.6 Å². The van der Waals surface area contributed by atoms with E-state index in [0.29, 0.717) is 41.1 Å². The summed E-state index contributed by atoms with van der Waals surface area (Å²) < 4.78 is 33.3. The summed E-state index contributed by atoms with van der Waals surface area (Å²) >= 11 is 1.57. The van der Waals surface area contributed by atoms with Gasteiger partial charge in [-0.25, -0.2) is 18.4 Å². The third-order valence-corrected chi connectivity index (χ3v) is 7.90. The second kappa shape index (κ2) is 15.2. The Hall–Kier alpha value is -4.68. The molecule has 44 heavy (non-hydrogen) atoms. The second-order valence-electron chi connectivity index (χ2n) is 10.2. The number of rotatable bonds is 12. The van der Waals surface area contributed by atoms with Gasteiger partial charge in [-0.05, 0) is 77.9 Å². The molecule has 4 aromatic rings. The summed E-state index contributed by atoms with van der Waals surface area (Å²) in [6.45, 7) is 9.71. The van der Waals surface area contributed by atoms with Crippen molar-refractivity contribution in [3.05, 3.63) is 130 Å². The predicted molar refractivity (Wildman–Crippen MR) is 172 cm³/mol. The highest BCUT2D eigenvalue weighted by molar-refractivity contribution is 7.98. The van der Waals surface area contributed by atoms with E-state index in [4.69, 9.17) is 11.3 Å². The van der Waals surface area contributed by atoms with Crippen LogP contribution in [0.15, 0.2) is 84.9 Å². The van der Waals surface area contributed by atoms with Gasteiger partial charge < -0.3 is 15.0 Å². The molecule has 1 N–H and O–H groups in total. The van der Waals surface area contributed by atoms with Crippen LogP contribution in [0.5, 0.6) is 0 Å². The van der Waals surface area contributed by atoms with Crippen molar-refractivity contribution in [3.63, 3.8) is 0 Å². The van der Waals surface area contributed by atoms with Gasteiger partial charge in [-0.3, -0.25) is 4.79 Å². The minimum Gasteiger partial charge on any atom is -0.467 e. The molecule has 1 atom stereocenters. The first-order valence-electron chi connectivity index (χ1n) is 14.0. The van der Waals surface area contributed by atoms with Gasteiger partial charge in [-0.15, -0.1) is 0 Å². The maximum absolute atomic E-state index is 14.7. The van der Waals surface area contributed by atoms with Gasteiger partial charge in [-0.2, -0.15) is 11.8 Å². The van der Waals surface area contributed by atoms with Crippen molar-refractivity contribution in [3.8, 4) is 11.1 Å². The quantitative estimate of drug-likeness (QED) is 0.131. The molecule has 6 nitrogen and oxygen atoms in total. The molecule has 0 fully saturated rings. The average molecular weight is 614 g/mol. The Balaban J connectivity index is 1.74. The average Bonchev–Trinajstić information content (AvgIpc) is 3.03. The molecular formula is C35H33F2N3O3S. The molecule has 0 saturated carbocycles. The number of anilines is 1. The number of amides is 1. The number of nitrogens with zero attached hydrogens (tertiary/aromatic N) is 2. The van der Waals surface area contributed by atoms with E-state index in [9.17, 15) is 18.4 Å². The molecule has 0 aliphatic rings. The fourth-order valence-electron chi connectivity index (χ4n) is 4.90. The molecule has 0 radical (unpaired) electrons. The van der Waals surface area contributed by atoms with Gasteiger partial charge in [0, 0.05) is 36.0 Å². The van der Waals surface area contributed by atoms with Gasteiger partial charge in [0.1, 0.15) is 17.7 Å². The number of hydrogen-bond donors (Lipinski definition) is 1. The Kier molecular flexibility index (Phi) is 11.1. The molecule has 1 unspecified atom stereocenters. The number of benzene rings is 4. The molecule has 4 aromatic carbocycles. The fourth-order valence-corrected chi connectivity index (χ4v) is 5.37. The topological polar surface area (TPSA) is 63.0 Å². The first-order chi connectivity index (χ1) is 21.2. The van der Waals surface area contributed by atoms with Crippen molar-refractivity contribution in [2.45, 2.75) is 32.5 Å². The lowest BCUT2D eigenvalue weighted by Gasteiger charge is -2.26. The highest BCUT2D eigenvalue weighted by Crippen LogP contribution is 2.31. The van der Waals surface area contributed by atoms with Crippen molar-refractivity contribution >= 4 is 35.0 Å². The molecule has 0 bridgehead atoms. The van der Waals surface area contributed by atoms with Crippen LogP contribution in [0.1, 0.15) is 33.5 Å². The lowest BCUT2D eigenvalue weighted by molar-refractivity contribution is -0.142. The number of esters is 1. The lowest BCUT2D eigenvalue weighted by atomic mass is 9.93. The number of nitrogens with one attached hydrogen (secondary N) is 1. The summed E-state index contributed by atoms with van der Waals surface area (Å²) in [5, 5.41) is 2.86. The number of ether oxygens (including phenoxy) is 1. The lowest BCUT2D eigenvalue weighted by Crippen LogP contribution is -2.42. The highest BCUT2D eigenvalue weighted by Gasteiger charge is 2.24. The zero-order valence-electron chi connectivity index (χ0n) is 24.8. The summed E-state index contributed by atoms with van der Waals surface area (Å²) in [5.41, 5.74) is 5.28. The van der Waals surface area contributed by atoms with E-state index in [1.165, 1.54) is 19.2 Å². The molecule has 4 rings (SSSR count). The van der Waals surface area contributed by atoms with Gasteiger partial charge in [0.2, 0.25) is 0 Å².